The third-order valence-electron chi connectivity index (χ3n) is 6.09. The van der Waals surface area contributed by atoms with Gasteiger partial charge in [-0.05, 0) is 43.7 Å². The molecule has 1 aromatic carbocycles. The molecule has 1 aromatic heterocycles. The van der Waals surface area contributed by atoms with Crippen molar-refractivity contribution in [1.29, 1.82) is 0 Å². The third-order valence-corrected chi connectivity index (χ3v) is 6.09. The Kier molecular flexibility index (Phi) is 5.04. The van der Waals surface area contributed by atoms with Crippen molar-refractivity contribution in [3.05, 3.63) is 30.1 Å². The van der Waals surface area contributed by atoms with Gasteiger partial charge in [-0.15, -0.1) is 0 Å². The lowest BCUT2D eigenvalue weighted by atomic mass is 9.85. The predicted octanol–water partition coefficient (Wildman–Crippen LogP) is 4.68. The van der Waals surface area contributed by atoms with Crippen LogP contribution in [0.15, 0.2) is 24.3 Å². The molecular formula is C21H29N3O. The molecule has 4 rings (SSSR count). The highest BCUT2D eigenvalue weighted by Crippen LogP contribution is 2.33. The minimum absolute atomic E-state index is 0.252. The lowest BCUT2D eigenvalue weighted by Crippen LogP contribution is -2.38. The average Bonchev–Trinajstić information content (AvgIpc) is 3.29. The molecule has 2 fully saturated rings. The molecule has 1 amide bonds. The molecule has 0 radical (unpaired) electrons. The SMILES string of the molecule is O=C(CCC1CCCC1)NC1CCCC(c2nc3ccccc3[nH]2)C1. The molecule has 2 atom stereocenters. The van der Waals surface area contributed by atoms with Gasteiger partial charge in [0.05, 0.1) is 11.0 Å². The number of imidazole rings is 1. The summed E-state index contributed by atoms with van der Waals surface area (Å²) in [6, 6.07) is 8.51. The van der Waals surface area contributed by atoms with E-state index in [1.165, 1.54) is 25.7 Å². The van der Waals surface area contributed by atoms with Gasteiger partial charge in [0.25, 0.3) is 0 Å². The van der Waals surface area contributed by atoms with Crippen molar-refractivity contribution in [1.82, 2.24) is 15.3 Å². The molecule has 0 saturated heterocycles. The fourth-order valence-corrected chi connectivity index (χ4v) is 4.67. The van der Waals surface area contributed by atoms with Gasteiger partial charge >= 0.3 is 0 Å². The highest BCUT2D eigenvalue weighted by molar-refractivity contribution is 5.76. The maximum atomic E-state index is 12.3. The van der Waals surface area contributed by atoms with Gasteiger partial charge in [-0.1, -0.05) is 44.2 Å². The Bertz CT molecular complexity index is 684. The Labute approximate surface area is 149 Å². The zero-order valence-corrected chi connectivity index (χ0v) is 15.0. The summed E-state index contributed by atoms with van der Waals surface area (Å²) in [4.78, 5) is 20.6. The van der Waals surface area contributed by atoms with E-state index >= 15 is 0 Å². The largest absolute Gasteiger partial charge is 0.353 e. The van der Waals surface area contributed by atoms with Gasteiger partial charge < -0.3 is 10.3 Å². The van der Waals surface area contributed by atoms with E-state index in [1.54, 1.807) is 0 Å². The van der Waals surface area contributed by atoms with Gasteiger partial charge in [-0.3, -0.25) is 4.79 Å². The highest BCUT2D eigenvalue weighted by atomic mass is 16.1. The molecule has 2 aromatic rings. The van der Waals surface area contributed by atoms with E-state index in [0.29, 0.717) is 18.4 Å². The maximum absolute atomic E-state index is 12.3. The van der Waals surface area contributed by atoms with Crippen molar-refractivity contribution < 1.29 is 4.79 Å². The Morgan fingerprint density at radius 2 is 1.96 bits per heavy atom. The number of H-pyrrole nitrogens is 1. The zero-order valence-electron chi connectivity index (χ0n) is 15.0. The molecule has 2 aliphatic carbocycles. The number of nitrogens with zero attached hydrogens (tertiary/aromatic N) is 1. The van der Waals surface area contributed by atoms with Crippen molar-refractivity contribution in [3.63, 3.8) is 0 Å². The lowest BCUT2D eigenvalue weighted by molar-refractivity contribution is -0.122. The van der Waals surface area contributed by atoms with E-state index in [9.17, 15) is 4.79 Å². The van der Waals surface area contributed by atoms with Crippen LogP contribution >= 0.6 is 0 Å². The number of para-hydroxylation sites is 2. The first kappa shape index (κ1) is 16.6. The number of carbonyl (C=O) groups excluding carboxylic acids is 1. The van der Waals surface area contributed by atoms with Crippen LogP contribution in [0.1, 0.15) is 76.0 Å². The van der Waals surface area contributed by atoms with Gasteiger partial charge in [-0.2, -0.15) is 0 Å². The van der Waals surface area contributed by atoms with Crippen LogP contribution in [0.4, 0.5) is 0 Å². The van der Waals surface area contributed by atoms with Crippen molar-refractivity contribution in [2.75, 3.05) is 0 Å². The number of aromatic nitrogens is 2. The number of nitrogens with one attached hydrogen (secondary N) is 2. The van der Waals surface area contributed by atoms with E-state index in [0.717, 1.165) is 54.9 Å². The van der Waals surface area contributed by atoms with E-state index in [4.69, 9.17) is 4.98 Å². The fourth-order valence-electron chi connectivity index (χ4n) is 4.67. The number of fused-ring (bicyclic) bond motifs is 1. The first-order valence-electron chi connectivity index (χ1n) is 10.0. The van der Waals surface area contributed by atoms with Crippen molar-refractivity contribution in [3.8, 4) is 0 Å². The van der Waals surface area contributed by atoms with Crippen molar-refractivity contribution in [2.24, 2.45) is 5.92 Å². The Balaban J connectivity index is 1.31. The number of carbonyl (C=O) groups is 1. The topological polar surface area (TPSA) is 57.8 Å². The number of amides is 1. The average molecular weight is 339 g/mol. The predicted molar refractivity (Wildman–Crippen MR) is 100 cm³/mol. The number of hydrogen-bond donors (Lipinski definition) is 2. The number of hydrogen-bond acceptors (Lipinski definition) is 2. The van der Waals surface area contributed by atoms with Gasteiger partial charge in [-0.25, -0.2) is 4.98 Å². The fraction of sp³-hybridized carbons (Fsp3) is 0.619. The molecule has 4 nitrogen and oxygen atoms in total. The second-order valence-corrected chi connectivity index (χ2v) is 7.96. The molecule has 1 heterocycles. The molecule has 2 saturated carbocycles. The second kappa shape index (κ2) is 7.59. The van der Waals surface area contributed by atoms with Crippen LogP contribution < -0.4 is 5.32 Å². The highest BCUT2D eigenvalue weighted by Gasteiger charge is 2.26. The summed E-state index contributed by atoms with van der Waals surface area (Å²) in [5.74, 6) is 2.56. The van der Waals surface area contributed by atoms with E-state index in [2.05, 4.69) is 22.4 Å². The van der Waals surface area contributed by atoms with Crippen LogP contribution in [0, 0.1) is 5.92 Å². The van der Waals surface area contributed by atoms with E-state index in [1.807, 2.05) is 12.1 Å². The van der Waals surface area contributed by atoms with Crippen molar-refractivity contribution in [2.45, 2.75) is 76.2 Å². The molecule has 4 heteroatoms. The zero-order chi connectivity index (χ0) is 17.1. The van der Waals surface area contributed by atoms with Gasteiger partial charge in [0.15, 0.2) is 0 Å². The number of rotatable bonds is 5. The number of benzene rings is 1. The Morgan fingerprint density at radius 3 is 2.80 bits per heavy atom. The van der Waals surface area contributed by atoms with Gasteiger partial charge in [0.1, 0.15) is 5.82 Å². The third kappa shape index (κ3) is 4.05. The molecule has 0 aliphatic heterocycles. The quantitative estimate of drug-likeness (QED) is 0.831. The summed E-state index contributed by atoms with van der Waals surface area (Å²) in [5, 5.41) is 3.30. The molecular weight excluding hydrogens is 310 g/mol. The monoisotopic (exact) mass is 339 g/mol. The molecule has 0 spiro atoms. The van der Waals surface area contributed by atoms with Gasteiger partial charge in [0, 0.05) is 18.4 Å². The summed E-state index contributed by atoms with van der Waals surface area (Å²) < 4.78 is 0. The molecule has 2 N–H and O–H groups in total. The normalized spacial score (nSPS) is 24.6. The molecule has 134 valence electrons. The van der Waals surface area contributed by atoms with Crippen LogP contribution in [0.5, 0.6) is 0 Å². The minimum atomic E-state index is 0.252. The first-order chi connectivity index (χ1) is 12.3. The summed E-state index contributed by atoms with van der Waals surface area (Å²) in [5.41, 5.74) is 2.15. The molecule has 25 heavy (non-hydrogen) atoms. The summed E-state index contributed by atoms with van der Waals surface area (Å²) >= 11 is 0. The standard InChI is InChI=1S/C21H29N3O/c25-20(13-12-15-6-1-2-7-15)22-17-9-5-8-16(14-17)21-23-18-10-3-4-11-19(18)24-21/h3-4,10-11,15-17H,1-2,5-9,12-14H2,(H,22,25)(H,23,24). The Morgan fingerprint density at radius 1 is 1.12 bits per heavy atom. The first-order valence-corrected chi connectivity index (χ1v) is 10.0. The molecule has 2 aliphatic rings. The maximum Gasteiger partial charge on any atom is 0.220 e. The molecule has 2 unspecified atom stereocenters. The summed E-state index contributed by atoms with van der Waals surface area (Å²) in [6.07, 6.45) is 11.6. The van der Waals surface area contributed by atoms with Crippen LogP contribution in [0.3, 0.4) is 0 Å². The van der Waals surface area contributed by atoms with E-state index in [-0.39, 0.29) is 5.91 Å². The lowest BCUT2D eigenvalue weighted by Gasteiger charge is -2.28. The van der Waals surface area contributed by atoms with Gasteiger partial charge in [0.2, 0.25) is 5.91 Å². The second-order valence-electron chi connectivity index (χ2n) is 7.96. The van der Waals surface area contributed by atoms with E-state index < -0.39 is 0 Å². The van der Waals surface area contributed by atoms with Crippen molar-refractivity contribution >= 4 is 16.9 Å². The summed E-state index contributed by atoms with van der Waals surface area (Å²) in [6.45, 7) is 0. The van der Waals surface area contributed by atoms with Crippen LogP contribution in [0.2, 0.25) is 0 Å². The summed E-state index contributed by atoms with van der Waals surface area (Å²) in [7, 11) is 0. The molecule has 0 bridgehead atoms. The van der Waals surface area contributed by atoms with Crippen LogP contribution in [-0.4, -0.2) is 21.9 Å². The minimum Gasteiger partial charge on any atom is -0.353 e. The number of aromatic amines is 1. The van der Waals surface area contributed by atoms with Crippen LogP contribution in [0.25, 0.3) is 11.0 Å². The van der Waals surface area contributed by atoms with Crippen LogP contribution in [-0.2, 0) is 4.79 Å². The smallest absolute Gasteiger partial charge is 0.220 e. The Hall–Kier alpha value is -1.84.